The predicted molar refractivity (Wildman–Crippen MR) is 126 cm³/mol. The standard InChI is InChI=1S/C21H24ClN5O.C2H4O2/c1-12(2)21(28)25-18-9-15-13(3)7-19(24-17(15)10-16(18)22)20-8-14-11-23-5-4-6-27(14)26-20;1-2(3)4/h7-10,12,23H,4-6,11H2,1-3H3,(H,25,28);1H3,(H,3,4). The molecule has 3 N–H and O–H groups in total. The summed E-state index contributed by atoms with van der Waals surface area (Å²) >= 11 is 6.42. The molecule has 1 aromatic carbocycles. The number of carboxylic acid groups (broad SMARTS) is 1. The fourth-order valence-electron chi connectivity index (χ4n) is 3.41. The van der Waals surface area contributed by atoms with Crippen LogP contribution in [0.25, 0.3) is 22.3 Å². The van der Waals surface area contributed by atoms with Crippen molar-refractivity contribution < 1.29 is 14.7 Å². The van der Waals surface area contributed by atoms with Gasteiger partial charge in [0, 0.05) is 31.3 Å². The van der Waals surface area contributed by atoms with Crippen molar-refractivity contribution in [1.82, 2.24) is 20.1 Å². The molecule has 9 heteroatoms. The van der Waals surface area contributed by atoms with Gasteiger partial charge in [-0.15, -0.1) is 0 Å². The second-order valence-electron chi connectivity index (χ2n) is 8.11. The Morgan fingerprint density at radius 2 is 1.94 bits per heavy atom. The number of carbonyl (C=O) groups is 2. The Morgan fingerprint density at radius 1 is 1.22 bits per heavy atom. The maximum atomic E-state index is 12.0. The summed E-state index contributed by atoms with van der Waals surface area (Å²) in [6.07, 6.45) is 1.07. The van der Waals surface area contributed by atoms with Gasteiger partial charge < -0.3 is 15.7 Å². The molecule has 1 aliphatic heterocycles. The quantitative estimate of drug-likeness (QED) is 0.542. The molecule has 0 radical (unpaired) electrons. The second-order valence-corrected chi connectivity index (χ2v) is 8.52. The zero-order chi connectivity index (χ0) is 23.4. The SMILES string of the molecule is CC(=O)O.Cc1cc(-c2cc3n(n2)CCCNC3)nc2cc(Cl)c(NC(=O)C(C)C)cc12. The number of aliphatic carboxylic acids is 1. The Balaban J connectivity index is 0.000000668. The van der Waals surface area contributed by atoms with Crippen molar-refractivity contribution in [2.75, 3.05) is 11.9 Å². The van der Waals surface area contributed by atoms with Crippen molar-refractivity contribution in [2.45, 2.75) is 47.2 Å². The van der Waals surface area contributed by atoms with E-state index < -0.39 is 5.97 Å². The number of benzene rings is 1. The average molecular weight is 458 g/mol. The number of halogens is 1. The van der Waals surface area contributed by atoms with Gasteiger partial charge in [0.2, 0.25) is 5.91 Å². The Kier molecular flexibility index (Phi) is 7.48. The first kappa shape index (κ1) is 23.7. The molecule has 8 nitrogen and oxygen atoms in total. The monoisotopic (exact) mass is 457 g/mol. The molecule has 4 rings (SSSR count). The van der Waals surface area contributed by atoms with Gasteiger partial charge in [-0.2, -0.15) is 5.10 Å². The highest BCUT2D eigenvalue weighted by atomic mass is 35.5. The molecule has 3 aromatic rings. The largest absolute Gasteiger partial charge is 0.481 e. The van der Waals surface area contributed by atoms with Crippen LogP contribution in [0.3, 0.4) is 0 Å². The Labute approximate surface area is 192 Å². The number of carbonyl (C=O) groups excluding carboxylic acids is 1. The maximum absolute atomic E-state index is 12.0. The lowest BCUT2D eigenvalue weighted by Gasteiger charge is -2.12. The van der Waals surface area contributed by atoms with Crippen molar-refractivity contribution in [3.8, 4) is 11.4 Å². The van der Waals surface area contributed by atoms with E-state index in [4.69, 9.17) is 31.6 Å². The van der Waals surface area contributed by atoms with Crippen molar-refractivity contribution in [1.29, 1.82) is 0 Å². The van der Waals surface area contributed by atoms with Crippen molar-refractivity contribution >= 4 is 40.1 Å². The Bertz CT molecular complexity index is 1130. The first-order valence-corrected chi connectivity index (χ1v) is 10.9. The predicted octanol–water partition coefficient (Wildman–Crippen LogP) is 4.24. The highest BCUT2D eigenvalue weighted by Gasteiger charge is 2.16. The fourth-order valence-corrected chi connectivity index (χ4v) is 3.61. The van der Waals surface area contributed by atoms with Gasteiger partial charge >= 0.3 is 0 Å². The van der Waals surface area contributed by atoms with E-state index in [2.05, 4.69) is 21.4 Å². The zero-order valence-corrected chi connectivity index (χ0v) is 19.5. The van der Waals surface area contributed by atoms with Crippen LogP contribution in [0.1, 0.15) is 38.4 Å². The third-order valence-corrected chi connectivity index (χ3v) is 5.35. The van der Waals surface area contributed by atoms with E-state index in [1.165, 1.54) is 5.69 Å². The number of fused-ring (bicyclic) bond motifs is 2. The molecule has 1 amide bonds. The Hall–Kier alpha value is -2.97. The molecule has 32 heavy (non-hydrogen) atoms. The highest BCUT2D eigenvalue weighted by molar-refractivity contribution is 6.34. The first-order chi connectivity index (χ1) is 15.2. The number of carboxylic acids is 1. The summed E-state index contributed by atoms with van der Waals surface area (Å²) in [5.74, 6) is -1.00. The van der Waals surface area contributed by atoms with Gasteiger partial charge in [-0.05, 0) is 49.7 Å². The number of pyridine rings is 1. The van der Waals surface area contributed by atoms with Crippen LogP contribution >= 0.6 is 11.6 Å². The molecule has 0 saturated heterocycles. The number of amides is 1. The number of hydrogen-bond donors (Lipinski definition) is 3. The summed E-state index contributed by atoms with van der Waals surface area (Å²) in [5, 5.41) is 19.9. The number of nitrogens with one attached hydrogen (secondary N) is 2. The zero-order valence-electron chi connectivity index (χ0n) is 18.7. The number of aromatic nitrogens is 3. The van der Waals surface area contributed by atoms with Gasteiger partial charge in [0.1, 0.15) is 5.69 Å². The molecule has 0 unspecified atom stereocenters. The van der Waals surface area contributed by atoms with Crippen LogP contribution < -0.4 is 10.6 Å². The van der Waals surface area contributed by atoms with Gasteiger partial charge in [0.25, 0.3) is 5.97 Å². The molecule has 0 aliphatic carbocycles. The van der Waals surface area contributed by atoms with Crippen molar-refractivity contribution in [2.24, 2.45) is 5.92 Å². The minimum atomic E-state index is -0.833. The van der Waals surface area contributed by atoms with Crippen LogP contribution in [0.2, 0.25) is 5.02 Å². The fraction of sp³-hybridized carbons (Fsp3) is 0.391. The summed E-state index contributed by atoms with van der Waals surface area (Å²) in [6.45, 7) is 9.58. The molecule has 0 saturated carbocycles. The normalized spacial score (nSPS) is 13.2. The second kappa shape index (κ2) is 10.1. The summed E-state index contributed by atoms with van der Waals surface area (Å²) in [5.41, 5.74) is 5.36. The van der Waals surface area contributed by atoms with Crippen LogP contribution in [-0.2, 0) is 22.7 Å². The van der Waals surface area contributed by atoms with Crippen LogP contribution in [-0.4, -0.2) is 38.3 Å². The highest BCUT2D eigenvalue weighted by Crippen LogP contribution is 2.32. The van der Waals surface area contributed by atoms with Gasteiger partial charge in [-0.3, -0.25) is 14.3 Å². The minimum Gasteiger partial charge on any atom is -0.481 e. The van der Waals surface area contributed by atoms with Crippen LogP contribution in [0.4, 0.5) is 5.69 Å². The number of hydrogen-bond acceptors (Lipinski definition) is 5. The molecule has 0 spiro atoms. The van der Waals surface area contributed by atoms with Crippen molar-refractivity contribution in [3.05, 3.63) is 40.5 Å². The van der Waals surface area contributed by atoms with Crippen LogP contribution in [0, 0.1) is 12.8 Å². The van der Waals surface area contributed by atoms with Gasteiger partial charge in [0.15, 0.2) is 0 Å². The molecule has 0 bridgehead atoms. The van der Waals surface area contributed by atoms with Crippen LogP contribution in [0.15, 0.2) is 24.3 Å². The topological polar surface area (TPSA) is 109 Å². The number of anilines is 1. The number of rotatable bonds is 3. The minimum absolute atomic E-state index is 0.0587. The van der Waals surface area contributed by atoms with E-state index in [1.54, 1.807) is 0 Å². The lowest BCUT2D eigenvalue weighted by molar-refractivity contribution is -0.134. The molecule has 0 atom stereocenters. The first-order valence-electron chi connectivity index (χ1n) is 10.5. The van der Waals surface area contributed by atoms with E-state index in [0.717, 1.165) is 60.8 Å². The third-order valence-electron chi connectivity index (χ3n) is 5.04. The summed E-state index contributed by atoms with van der Waals surface area (Å²) in [4.78, 5) is 25.8. The van der Waals surface area contributed by atoms with Crippen LogP contribution in [0.5, 0.6) is 0 Å². The number of nitrogens with zero attached hydrogens (tertiary/aromatic N) is 3. The lowest BCUT2D eigenvalue weighted by atomic mass is 10.1. The summed E-state index contributed by atoms with van der Waals surface area (Å²) < 4.78 is 2.06. The average Bonchev–Trinajstić information content (AvgIpc) is 2.99. The summed E-state index contributed by atoms with van der Waals surface area (Å²) in [7, 11) is 0. The molecule has 170 valence electrons. The smallest absolute Gasteiger partial charge is 0.300 e. The lowest BCUT2D eigenvalue weighted by Crippen LogP contribution is -2.18. The molecule has 3 heterocycles. The maximum Gasteiger partial charge on any atom is 0.300 e. The molecular formula is C23H28ClN5O3. The molecular weight excluding hydrogens is 430 g/mol. The van der Waals surface area contributed by atoms with E-state index in [-0.39, 0.29) is 11.8 Å². The van der Waals surface area contributed by atoms with E-state index >= 15 is 0 Å². The molecule has 0 fully saturated rings. The van der Waals surface area contributed by atoms with Gasteiger partial charge in [0.05, 0.1) is 27.6 Å². The van der Waals surface area contributed by atoms with Gasteiger partial charge in [-0.25, -0.2) is 4.98 Å². The number of aryl methyl sites for hydroxylation is 2. The van der Waals surface area contributed by atoms with Gasteiger partial charge in [-0.1, -0.05) is 25.4 Å². The summed E-state index contributed by atoms with van der Waals surface area (Å²) in [6, 6.07) is 7.85. The van der Waals surface area contributed by atoms with E-state index in [0.29, 0.717) is 10.7 Å². The van der Waals surface area contributed by atoms with Crippen molar-refractivity contribution in [3.63, 3.8) is 0 Å². The molecule has 2 aromatic heterocycles. The van der Waals surface area contributed by atoms with E-state index in [1.807, 2.05) is 39.0 Å². The Morgan fingerprint density at radius 3 is 2.62 bits per heavy atom. The molecule has 1 aliphatic rings. The third kappa shape index (κ3) is 5.63. The van der Waals surface area contributed by atoms with E-state index in [9.17, 15) is 4.79 Å².